The monoisotopic (exact) mass is 277 g/mol. The first-order chi connectivity index (χ1) is 9.45. The van der Waals surface area contributed by atoms with Gasteiger partial charge in [-0.15, -0.1) is 0 Å². The molecule has 0 saturated heterocycles. The molecule has 0 spiro atoms. The van der Waals surface area contributed by atoms with E-state index in [1.165, 1.54) is 11.1 Å². The van der Waals surface area contributed by atoms with Gasteiger partial charge in [0.2, 0.25) is 0 Å². The van der Waals surface area contributed by atoms with E-state index in [0.717, 1.165) is 19.3 Å². The number of fused-ring (bicyclic) bond motifs is 1. The summed E-state index contributed by atoms with van der Waals surface area (Å²) >= 11 is 0. The van der Waals surface area contributed by atoms with Crippen LogP contribution in [0.25, 0.3) is 0 Å². The van der Waals surface area contributed by atoms with E-state index in [9.17, 15) is 4.79 Å². The third-order valence-electron chi connectivity index (χ3n) is 3.97. The van der Waals surface area contributed by atoms with Gasteiger partial charge in [0.05, 0.1) is 12.2 Å². The average Bonchev–Trinajstić information content (AvgIpc) is 2.69. The van der Waals surface area contributed by atoms with Gasteiger partial charge in [-0.2, -0.15) is 0 Å². The summed E-state index contributed by atoms with van der Waals surface area (Å²) in [4.78, 5) is 11.6. The topological polar surface area (TPSA) is 61.6 Å². The maximum Gasteiger partial charge on any atom is 0.252 e. The Bertz CT molecular complexity index is 509. The maximum absolute atomic E-state index is 11.6. The number of rotatable bonds is 6. The van der Waals surface area contributed by atoms with Crippen LogP contribution in [0.4, 0.5) is 0 Å². The van der Waals surface area contributed by atoms with Crippen LogP contribution in [-0.2, 0) is 16.6 Å². The third kappa shape index (κ3) is 2.96. The summed E-state index contributed by atoms with van der Waals surface area (Å²) in [6, 6.07) is 3.90. The summed E-state index contributed by atoms with van der Waals surface area (Å²) in [5.74, 6) is 0.169. The van der Waals surface area contributed by atoms with E-state index in [2.05, 4.69) is 13.8 Å². The van der Waals surface area contributed by atoms with Gasteiger partial charge in [0.15, 0.2) is 0 Å². The van der Waals surface area contributed by atoms with Crippen LogP contribution in [0.3, 0.4) is 0 Å². The Labute approximate surface area is 120 Å². The van der Waals surface area contributed by atoms with Gasteiger partial charge in [-0.1, -0.05) is 13.8 Å². The molecule has 1 aromatic carbocycles. The summed E-state index contributed by atoms with van der Waals surface area (Å²) in [5.41, 5.74) is 8.56. The van der Waals surface area contributed by atoms with Crippen LogP contribution in [0.2, 0.25) is 0 Å². The van der Waals surface area contributed by atoms with Crippen molar-refractivity contribution in [3.8, 4) is 5.75 Å². The number of primary amides is 1. The molecule has 2 rings (SSSR count). The summed E-state index contributed by atoms with van der Waals surface area (Å²) in [7, 11) is 1.66. The van der Waals surface area contributed by atoms with Crippen molar-refractivity contribution >= 4 is 5.91 Å². The Morgan fingerprint density at radius 2 is 2.10 bits per heavy atom. The Balaban J connectivity index is 2.26. The van der Waals surface area contributed by atoms with E-state index in [-0.39, 0.29) is 5.41 Å². The van der Waals surface area contributed by atoms with Crippen LogP contribution in [0.5, 0.6) is 5.75 Å². The molecule has 0 saturated carbocycles. The van der Waals surface area contributed by atoms with Gasteiger partial charge in [-0.3, -0.25) is 4.79 Å². The van der Waals surface area contributed by atoms with Gasteiger partial charge in [-0.25, -0.2) is 0 Å². The Morgan fingerprint density at radius 1 is 1.35 bits per heavy atom. The molecule has 0 atom stereocenters. The molecule has 1 aromatic rings. The predicted molar refractivity (Wildman–Crippen MR) is 78.3 cm³/mol. The highest BCUT2D eigenvalue weighted by atomic mass is 16.5. The number of amides is 1. The molecule has 1 aliphatic rings. The van der Waals surface area contributed by atoms with Crippen LogP contribution in [0.1, 0.15) is 48.2 Å². The molecule has 0 aliphatic heterocycles. The number of carbonyl (C=O) groups excluding carboxylic acids is 1. The van der Waals surface area contributed by atoms with Gasteiger partial charge >= 0.3 is 0 Å². The fourth-order valence-corrected chi connectivity index (χ4v) is 2.74. The lowest BCUT2D eigenvalue weighted by Gasteiger charge is -2.20. The zero-order valence-corrected chi connectivity index (χ0v) is 12.5. The zero-order chi connectivity index (χ0) is 14.8. The summed E-state index contributed by atoms with van der Waals surface area (Å²) in [5, 5.41) is 0. The Morgan fingerprint density at radius 3 is 2.75 bits per heavy atom. The molecule has 1 amide bonds. The minimum absolute atomic E-state index is 0.105. The van der Waals surface area contributed by atoms with Gasteiger partial charge in [0.1, 0.15) is 5.75 Å². The molecular formula is C16H23NO3. The quantitative estimate of drug-likeness (QED) is 0.812. The van der Waals surface area contributed by atoms with E-state index >= 15 is 0 Å². The lowest BCUT2D eigenvalue weighted by atomic mass is 9.85. The second kappa shape index (κ2) is 5.83. The fraction of sp³-hybridized carbons (Fsp3) is 0.562. The molecule has 0 unspecified atom stereocenters. The highest BCUT2D eigenvalue weighted by molar-refractivity contribution is 5.96. The lowest BCUT2D eigenvalue weighted by molar-refractivity contribution is 0.0995. The van der Waals surface area contributed by atoms with Gasteiger partial charge in [0, 0.05) is 20.1 Å². The van der Waals surface area contributed by atoms with Crippen LogP contribution >= 0.6 is 0 Å². The number of benzene rings is 1. The highest BCUT2D eigenvalue weighted by Gasteiger charge is 2.31. The van der Waals surface area contributed by atoms with Crippen LogP contribution in [-0.4, -0.2) is 26.2 Å². The first-order valence-electron chi connectivity index (χ1n) is 7.04. The minimum atomic E-state index is -0.433. The van der Waals surface area contributed by atoms with Gasteiger partial charge < -0.3 is 15.2 Å². The van der Waals surface area contributed by atoms with E-state index in [4.69, 9.17) is 15.2 Å². The maximum atomic E-state index is 11.6. The van der Waals surface area contributed by atoms with Crippen LogP contribution in [0, 0.1) is 0 Å². The normalized spacial score (nSPS) is 15.9. The van der Waals surface area contributed by atoms with Crippen molar-refractivity contribution in [1.29, 1.82) is 0 Å². The second-order valence-corrected chi connectivity index (χ2v) is 5.95. The third-order valence-corrected chi connectivity index (χ3v) is 3.97. The standard InChI is InChI=1S/C16H23NO3/c1-16(2)6-5-11-9-14(20-8-4-7-19-3)12(15(17)18)10-13(11)16/h9-10H,4-8H2,1-3H3,(H2,17,18). The average molecular weight is 277 g/mol. The number of hydrogen-bond acceptors (Lipinski definition) is 3. The van der Waals surface area contributed by atoms with Crippen molar-refractivity contribution in [1.82, 2.24) is 0 Å². The number of carbonyl (C=O) groups is 1. The predicted octanol–water partition coefficient (Wildman–Crippen LogP) is 2.42. The molecule has 0 aromatic heterocycles. The lowest BCUT2D eigenvalue weighted by Crippen LogP contribution is -2.17. The van der Waals surface area contributed by atoms with E-state index in [1.54, 1.807) is 7.11 Å². The summed E-state index contributed by atoms with van der Waals surface area (Å²) in [6.07, 6.45) is 2.90. The minimum Gasteiger partial charge on any atom is -0.493 e. The van der Waals surface area contributed by atoms with Crippen molar-refractivity contribution in [2.24, 2.45) is 5.73 Å². The number of methoxy groups -OCH3 is 1. The number of hydrogen-bond donors (Lipinski definition) is 1. The fourth-order valence-electron chi connectivity index (χ4n) is 2.74. The number of aryl methyl sites for hydroxylation is 1. The van der Waals surface area contributed by atoms with Crippen molar-refractivity contribution < 1.29 is 14.3 Å². The van der Waals surface area contributed by atoms with Crippen LogP contribution < -0.4 is 10.5 Å². The first kappa shape index (κ1) is 14.9. The Kier molecular flexibility index (Phi) is 4.33. The highest BCUT2D eigenvalue weighted by Crippen LogP contribution is 2.41. The summed E-state index contributed by atoms with van der Waals surface area (Å²) in [6.45, 7) is 5.56. The molecular weight excluding hydrogens is 254 g/mol. The van der Waals surface area contributed by atoms with Gasteiger partial charge in [0.25, 0.3) is 5.91 Å². The molecule has 2 N–H and O–H groups in total. The summed E-state index contributed by atoms with van der Waals surface area (Å²) < 4.78 is 10.7. The van der Waals surface area contributed by atoms with Crippen molar-refractivity contribution in [3.05, 3.63) is 28.8 Å². The van der Waals surface area contributed by atoms with Gasteiger partial charge in [-0.05, 0) is 41.5 Å². The molecule has 4 nitrogen and oxygen atoms in total. The zero-order valence-electron chi connectivity index (χ0n) is 12.5. The second-order valence-electron chi connectivity index (χ2n) is 5.95. The first-order valence-corrected chi connectivity index (χ1v) is 7.04. The number of nitrogens with two attached hydrogens (primary N) is 1. The molecule has 1 aliphatic carbocycles. The SMILES string of the molecule is COCCCOc1cc2c(cc1C(N)=O)C(C)(C)CC2. The molecule has 4 heteroatoms. The van der Waals surface area contributed by atoms with Crippen molar-refractivity contribution in [3.63, 3.8) is 0 Å². The molecule has 20 heavy (non-hydrogen) atoms. The van der Waals surface area contributed by atoms with E-state index in [1.807, 2.05) is 12.1 Å². The largest absolute Gasteiger partial charge is 0.493 e. The van der Waals surface area contributed by atoms with Crippen LogP contribution in [0.15, 0.2) is 12.1 Å². The number of ether oxygens (including phenoxy) is 2. The molecule has 0 heterocycles. The molecule has 110 valence electrons. The smallest absolute Gasteiger partial charge is 0.252 e. The van der Waals surface area contributed by atoms with Crippen molar-refractivity contribution in [2.75, 3.05) is 20.3 Å². The molecule has 0 fully saturated rings. The Hall–Kier alpha value is -1.55. The van der Waals surface area contributed by atoms with E-state index in [0.29, 0.717) is 24.5 Å². The van der Waals surface area contributed by atoms with E-state index < -0.39 is 5.91 Å². The molecule has 0 bridgehead atoms. The van der Waals surface area contributed by atoms with Crippen molar-refractivity contribution in [2.45, 2.75) is 38.5 Å². The molecule has 0 radical (unpaired) electrons.